The Morgan fingerprint density at radius 3 is 2.81 bits per heavy atom. The minimum Gasteiger partial charge on any atom is -0.316 e. The van der Waals surface area contributed by atoms with Crippen molar-refractivity contribution in [2.45, 2.75) is 40.0 Å². The summed E-state index contributed by atoms with van der Waals surface area (Å²) in [5, 5.41) is 7.77. The lowest BCUT2D eigenvalue weighted by Crippen LogP contribution is -2.23. The van der Waals surface area contributed by atoms with Crippen molar-refractivity contribution in [3.8, 4) is 0 Å². The van der Waals surface area contributed by atoms with Crippen molar-refractivity contribution in [1.82, 2.24) is 15.1 Å². The largest absolute Gasteiger partial charge is 0.316 e. The average molecular weight is 223 g/mol. The number of aromatic nitrogens is 2. The molecule has 92 valence electrons. The van der Waals surface area contributed by atoms with E-state index in [1.807, 2.05) is 17.9 Å². The Labute approximate surface area is 99.2 Å². The molecule has 1 aromatic heterocycles. The second kappa shape index (κ2) is 6.69. The minimum absolute atomic E-state index is 0.792. The maximum absolute atomic E-state index is 4.25. The van der Waals surface area contributed by atoms with Crippen LogP contribution in [0.25, 0.3) is 0 Å². The van der Waals surface area contributed by atoms with Crippen LogP contribution in [0, 0.1) is 12.8 Å². The van der Waals surface area contributed by atoms with E-state index in [-0.39, 0.29) is 0 Å². The van der Waals surface area contributed by atoms with Crippen LogP contribution in [0.2, 0.25) is 0 Å². The third-order valence-corrected chi connectivity index (χ3v) is 3.18. The van der Waals surface area contributed by atoms with Gasteiger partial charge >= 0.3 is 0 Å². The number of nitrogens with one attached hydrogen (secondary N) is 1. The van der Waals surface area contributed by atoms with Crippen molar-refractivity contribution in [2.75, 3.05) is 13.1 Å². The standard InChI is InChI=1S/C13H25N3/c1-5-6-11(2)9-14-8-7-13-10-15-16(4)12(13)3/h10-11,14H,5-9H2,1-4H3. The predicted octanol–water partition coefficient (Wildman–Crippen LogP) is 2.30. The molecule has 0 amide bonds. The average Bonchev–Trinajstić information content (AvgIpc) is 2.56. The molecule has 1 N–H and O–H groups in total. The molecule has 0 aromatic carbocycles. The van der Waals surface area contributed by atoms with E-state index in [0.29, 0.717) is 0 Å². The van der Waals surface area contributed by atoms with Crippen molar-refractivity contribution in [1.29, 1.82) is 0 Å². The Hall–Kier alpha value is -0.830. The fourth-order valence-corrected chi connectivity index (χ4v) is 1.96. The van der Waals surface area contributed by atoms with Crippen molar-refractivity contribution in [3.63, 3.8) is 0 Å². The van der Waals surface area contributed by atoms with Gasteiger partial charge in [0.25, 0.3) is 0 Å². The molecule has 0 aliphatic heterocycles. The van der Waals surface area contributed by atoms with Crippen LogP contribution in [0.15, 0.2) is 6.20 Å². The first-order valence-electron chi connectivity index (χ1n) is 6.33. The second-order valence-electron chi connectivity index (χ2n) is 4.73. The third-order valence-electron chi connectivity index (χ3n) is 3.18. The highest BCUT2D eigenvalue weighted by atomic mass is 15.3. The molecule has 0 aliphatic rings. The van der Waals surface area contributed by atoms with Gasteiger partial charge in [0, 0.05) is 12.7 Å². The van der Waals surface area contributed by atoms with Crippen molar-refractivity contribution < 1.29 is 0 Å². The van der Waals surface area contributed by atoms with Gasteiger partial charge in [0.1, 0.15) is 0 Å². The lowest BCUT2D eigenvalue weighted by atomic mass is 10.1. The summed E-state index contributed by atoms with van der Waals surface area (Å²) in [6.07, 6.45) is 5.66. The van der Waals surface area contributed by atoms with Gasteiger partial charge in [-0.05, 0) is 44.3 Å². The molecular weight excluding hydrogens is 198 g/mol. The Kier molecular flexibility index (Phi) is 5.53. The lowest BCUT2D eigenvalue weighted by molar-refractivity contribution is 0.478. The second-order valence-corrected chi connectivity index (χ2v) is 4.73. The van der Waals surface area contributed by atoms with Crippen LogP contribution in [0.4, 0.5) is 0 Å². The van der Waals surface area contributed by atoms with E-state index >= 15 is 0 Å². The Morgan fingerprint density at radius 2 is 2.25 bits per heavy atom. The smallest absolute Gasteiger partial charge is 0.0524 e. The predicted molar refractivity (Wildman–Crippen MR) is 68.6 cm³/mol. The van der Waals surface area contributed by atoms with E-state index in [9.17, 15) is 0 Å². The molecule has 1 rings (SSSR count). The van der Waals surface area contributed by atoms with Gasteiger partial charge in [-0.25, -0.2) is 0 Å². The summed E-state index contributed by atoms with van der Waals surface area (Å²) in [6.45, 7) is 8.87. The van der Waals surface area contributed by atoms with E-state index in [0.717, 1.165) is 25.4 Å². The maximum Gasteiger partial charge on any atom is 0.0524 e. The monoisotopic (exact) mass is 223 g/mol. The summed E-state index contributed by atoms with van der Waals surface area (Å²) < 4.78 is 1.94. The normalized spacial score (nSPS) is 13.0. The van der Waals surface area contributed by atoms with Gasteiger partial charge in [-0.2, -0.15) is 5.10 Å². The van der Waals surface area contributed by atoms with Crippen LogP contribution in [0.3, 0.4) is 0 Å². The summed E-state index contributed by atoms with van der Waals surface area (Å²) in [5.74, 6) is 0.792. The summed E-state index contributed by atoms with van der Waals surface area (Å²) >= 11 is 0. The van der Waals surface area contributed by atoms with Crippen molar-refractivity contribution in [2.24, 2.45) is 13.0 Å². The first-order chi connectivity index (χ1) is 7.65. The fourth-order valence-electron chi connectivity index (χ4n) is 1.96. The van der Waals surface area contributed by atoms with Crippen LogP contribution in [0.5, 0.6) is 0 Å². The number of aryl methyl sites for hydroxylation is 1. The summed E-state index contributed by atoms with van der Waals surface area (Å²) in [7, 11) is 2.00. The molecule has 0 saturated heterocycles. The van der Waals surface area contributed by atoms with Crippen LogP contribution < -0.4 is 5.32 Å². The highest BCUT2D eigenvalue weighted by Gasteiger charge is 2.03. The van der Waals surface area contributed by atoms with Crippen LogP contribution in [-0.2, 0) is 13.5 Å². The number of hydrogen-bond donors (Lipinski definition) is 1. The quantitative estimate of drug-likeness (QED) is 0.719. The molecule has 0 aliphatic carbocycles. The summed E-state index contributed by atoms with van der Waals surface area (Å²) in [4.78, 5) is 0. The van der Waals surface area contributed by atoms with Gasteiger partial charge < -0.3 is 5.32 Å². The molecule has 1 unspecified atom stereocenters. The molecule has 1 aromatic rings. The maximum atomic E-state index is 4.25. The van der Waals surface area contributed by atoms with E-state index in [4.69, 9.17) is 0 Å². The zero-order valence-corrected chi connectivity index (χ0v) is 11.1. The summed E-state index contributed by atoms with van der Waals surface area (Å²) in [6, 6.07) is 0. The molecule has 0 fully saturated rings. The zero-order valence-electron chi connectivity index (χ0n) is 11.1. The highest BCUT2D eigenvalue weighted by Crippen LogP contribution is 2.06. The molecule has 16 heavy (non-hydrogen) atoms. The fraction of sp³-hybridized carbons (Fsp3) is 0.769. The van der Waals surface area contributed by atoms with E-state index < -0.39 is 0 Å². The topological polar surface area (TPSA) is 29.9 Å². The number of nitrogens with zero attached hydrogens (tertiary/aromatic N) is 2. The SMILES string of the molecule is CCCC(C)CNCCc1cnn(C)c1C. The molecular formula is C13H25N3. The Morgan fingerprint density at radius 1 is 1.50 bits per heavy atom. The van der Waals surface area contributed by atoms with E-state index in [1.54, 1.807) is 0 Å². The first-order valence-corrected chi connectivity index (χ1v) is 6.33. The molecule has 1 atom stereocenters. The molecule has 3 heteroatoms. The van der Waals surface area contributed by atoms with E-state index in [1.165, 1.54) is 24.1 Å². The van der Waals surface area contributed by atoms with Gasteiger partial charge in [0.2, 0.25) is 0 Å². The molecule has 0 bridgehead atoms. The molecule has 1 heterocycles. The van der Waals surface area contributed by atoms with Gasteiger partial charge in [-0.3, -0.25) is 4.68 Å². The first kappa shape index (κ1) is 13.2. The molecule has 0 spiro atoms. The van der Waals surface area contributed by atoms with Crippen LogP contribution >= 0.6 is 0 Å². The van der Waals surface area contributed by atoms with Gasteiger partial charge in [0.15, 0.2) is 0 Å². The highest BCUT2D eigenvalue weighted by molar-refractivity contribution is 5.15. The van der Waals surface area contributed by atoms with Crippen molar-refractivity contribution in [3.05, 3.63) is 17.5 Å². The van der Waals surface area contributed by atoms with Crippen LogP contribution in [-0.4, -0.2) is 22.9 Å². The Bertz CT molecular complexity index is 304. The van der Waals surface area contributed by atoms with Crippen molar-refractivity contribution >= 4 is 0 Å². The van der Waals surface area contributed by atoms with Gasteiger partial charge in [0.05, 0.1) is 6.20 Å². The number of rotatable bonds is 7. The number of hydrogen-bond acceptors (Lipinski definition) is 2. The third kappa shape index (κ3) is 3.97. The van der Waals surface area contributed by atoms with Gasteiger partial charge in [-0.15, -0.1) is 0 Å². The van der Waals surface area contributed by atoms with Gasteiger partial charge in [-0.1, -0.05) is 20.3 Å². The minimum atomic E-state index is 0.792. The molecule has 3 nitrogen and oxygen atoms in total. The van der Waals surface area contributed by atoms with E-state index in [2.05, 4.69) is 31.2 Å². The Balaban J connectivity index is 2.18. The zero-order chi connectivity index (χ0) is 12.0. The molecule has 0 radical (unpaired) electrons. The molecule has 0 saturated carbocycles. The summed E-state index contributed by atoms with van der Waals surface area (Å²) in [5.41, 5.74) is 2.64. The van der Waals surface area contributed by atoms with Crippen LogP contribution in [0.1, 0.15) is 37.9 Å². The lowest BCUT2D eigenvalue weighted by Gasteiger charge is -2.11.